The SMILES string of the molecule is CC(C)(C)c1ccc(C(=O)N2CCCC(n3cncn3)C2)cc1. The van der Waals surface area contributed by atoms with Crippen molar-refractivity contribution in [1.82, 2.24) is 19.7 Å². The minimum absolute atomic E-state index is 0.102. The van der Waals surface area contributed by atoms with E-state index in [1.54, 1.807) is 12.7 Å². The summed E-state index contributed by atoms with van der Waals surface area (Å²) in [4.78, 5) is 18.7. The fourth-order valence-electron chi connectivity index (χ4n) is 3.06. The second-order valence-corrected chi connectivity index (χ2v) is 7.25. The van der Waals surface area contributed by atoms with Crippen LogP contribution in [0.3, 0.4) is 0 Å². The van der Waals surface area contributed by atoms with Gasteiger partial charge < -0.3 is 4.90 Å². The summed E-state index contributed by atoms with van der Waals surface area (Å²) in [6, 6.07) is 8.24. The molecule has 0 bridgehead atoms. The standard InChI is InChI=1S/C18H24N4O/c1-18(2,3)15-8-6-14(7-9-15)17(23)21-10-4-5-16(11-21)22-13-19-12-20-22/h6-9,12-13,16H,4-5,10-11H2,1-3H3. The Labute approximate surface area is 137 Å². The van der Waals surface area contributed by atoms with E-state index in [1.807, 2.05) is 21.7 Å². The van der Waals surface area contributed by atoms with E-state index >= 15 is 0 Å². The zero-order chi connectivity index (χ0) is 16.4. The summed E-state index contributed by atoms with van der Waals surface area (Å²) in [6.45, 7) is 8.04. The zero-order valence-corrected chi connectivity index (χ0v) is 14.1. The van der Waals surface area contributed by atoms with Crippen LogP contribution in [0.5, 0.6) is 0 Å². The topological polar surface area (TPSA) is 51.0 Å². The number of hydrogen-bond acceptors (Lipinski definition) is 3. The normalized spacial score (nSPS) is 18.9. The molecule has 1 atom stereocenters. The minimum atomic E-state index is 0.102. The van der Waals surface area contributed by atoms with Crippen LogP contribution in [-0.4, -0.2) is 38.7 Å². The molecule has 122 valence electrons. The summed E-state index contributed by atoms with van der Waals surface area (Å²) >= 11 is 0. The second kappa shape index (κ2) is 6.14. The maximum atomic E-state index is 12.8. The van der Waals surface area contributed by atoms with E-state index in [9.17, 15) is 4.79 Å². The molecule has 1 aromatic heterocycles. The molecule has 3 rings (SSSR count). The fraction of sp³-hybridized carbons (Fsp3) is 0.500. The van der Waals surface area contributed by atoms with Gasteiger partial charge in [0.15, 0.2) is 0 Å². The molecule has 1 aliphatic rings. The average Bonchev–Trinajstić information content (AvgIpc) is 3.08. The highest BCUT2D eigenvalue weighted by atomic mass is 16.2. The Kier molecular flexibility index (Phi) is 4.20. The third kappa shape index (κ3) is 3.44. The van der Waals surface area contributed by atoms with Gasteiger partial charge in [0.1, 0.15) is 12.7 Å². The molecule has 1 amide bonds. The fourth-order valence-corrected chi connectivity index (χ4v) is 3.06. The van der Waals surface area contributed by atoms with Crippen LogP contribution in [0.25, 0.3) is 0 Å². The number of likely N-dealkylation sites (tertiary alicyclic amines) is 1. The molecule has 5 heteroatoms. The third-order valence-corrected chi connectivity index (χ3v) is 4.49. The monoisotopic (exact) mass is 312 g/mol. The molecule has 2 heterocycles. The quantitative estimate of drug-likeness (QED) is 0.856. The van der Waals surface area contributed by atoms with Gasteiger partial charge in [0.2, 0.25) is 0 Å². The number of aromatic nitrogens is 3. The van der Waals surface area contributed by atoms with Gasteiger partial charge in [-0.1, -0.05) is 32.9 Å². The molecular weight excluding hydrogens is 288 g/mol. The lowest BCUT2D eigenvalue weighted by Gasteiger charge is -2.32. The zero-order valence-electron chi connectivity index (χ0n) is 14.1. The maximum Gasteiger partial charge on any atom is 0.253 e. The van der Waals surface area contributed by atoms with Crippen molar-refractivity contribution >= 4 is 5.91 Å². The van der Waals surface area contributed by atoms with E-state index in [1.165, 1.54) is 5.56 Å². The smallest absolute Gasteiger partial charge is 0.253 e. The molecule has 0 radical (unpaired) electrons. The van der Waals surface area contributed by atoms with Crippen molar-refractivity contribution in [1.29, 1.82) is 0 Å². The van der Waals surface area contributed by atoms with Crippen LogP contribution >= 0.6 is 0 Å². The summed E-state index contributed by atoms with van der Waals surface area (Å²) in [7, 11) is 0. The molecule has 0 saturated carbocycles. The van der Waals surface area contributed by atoms with Crippen molar-refractivity contribution in [2.45, 2.75) is 45.1 Å². The molecule has 0 aliphatic carbocycles. The van der Waals surface area contributed by atoms with E-state index in [0.29, 0.717) is 6.54 Å². The van der Waals surface area contributed by atoms with Gasteiger partial charge in [-0.25, -0.2) is 9.67 Å². The van der Waals surface area contributed by atoms with Crippen LogP contribution < -0.4 is 0 Å². The number of nitrogens with zero attached hydrogens (tertiary/aromatic N) is 4. The second-order valence-electron chi connectivity index (χ2n) is 7.25. The maximum absolute atomic E-state index is 12.8. The molecule has 1 unspecified atom stereocenters. The molecule has 1 fully saturated rings. The molecule has 5 nitrogen and oxygen atoms in total. The van der Waals surface area contributed by atoms with E-state index in [0.717, 1.165) is 24.9 Å². The summed E-state index contributed by atoms with van der Waals surface area (Å²) in [5, 5.41) is 4.21. The first-order valence-electron chi connectivity index (χ1n) is 8.19. The number of carbonyl (C=O) groups excluding carboxylic acids is 1. The molecule has 23 heavy (non-hydrogen) atoms. The molecule has 2 aromatic rings. The average molecular weight is 312 g/mol. The van der Waals surface area contributed by atoms with E-state index < -0.39 is 0 Å². The minimum Gasteiger partial charge on any atom is -0.337 e. The van der Waals surface area contributed by atoms with Gasteiger partial charge in [0.05, 0.1) is 6.04 Å². The summed E-state index contributed by atoms with van der Waals surface area (Å²) in [5.41, 5.74) is 2.11. The van der Waals surface area contributed by atoms with Crippen molar-refractivity contribution in [3.05, 3.63) is 48.0 Å². The van der Waals surface area contributed by atoms with Crippen LogP contribution in [0, 0.1) is 0 Å². The number of benzene rings is 1. The summed E-state index contributed by atoms with van der Waals surface area (Å²) in [5.74, 6) is 0.107. The highest BCUT2D eigenvalue weighted by molar-refractivity contribution is 5.94. The number of amides is 1. The number of carbonyl (C=O) groups is 1. The first kappa shape index (κ1) is 15.7. The van der Waals surface area contributed by atoms with Crippen molar-refractivity contribution in [2.24, 2.45) is 0 Å². The molecule has 0 spiro atoms. The van der Waals surface area contributed by atoms with Crippen LogP contribution in [0.2, 0.25) is 0 Å². The highest BCUT2D eigenvalue weighted by Gasteiger charge is 2.26. The lowest BCUT2D eigenvalue weighted by Crippen LogP contribution is -2.40. The number of hydrogen-bond donors (Lipinski definition) is 0. The van der Waals surface area contributed by atoms with Gasteiger partial charge in [-0.15, -0.1) is 0 Å². The third-order valence-electron chi connectivity index (χ3n) is 4.49. The predicted octanol–water partition coefficient (Wildman–Crippen LogP) is 3.05. The van der Waals surface area contributed by atoms with Gasteiger partial charge in [-0.05, 0) is 36.0 Å². The van der Waals surface area contributed by atoms with Crippen LogP contribution in [-0.2, 0) is 5.41 Å². The Bertz CT molecular complexity index is 655. The molecule has 1 aliphatic heterocycles. The van der Waals surface area contributed by atoms with Gasteiger partial charge in [-0.2, -0.15) is 5.10 Å². The predicted molar refractivity (Wildman–Crippen MR) is 89.3 cm³/mol. The first-order chi connectivity index (χ1) is 10.9. The summed E-state index contributed by atoms with van der Waals surface area (Å²) < 4.78 is 1.86. The van der Waals surface area contributed by atoms with E-state index in [4.69, 9.17) is 0 Å². The molecule has 0 N–H and O–H groups in total. The molecule has 1 aromatic carbocycles. The molecular formula is C18H24N4O. The Morgan fingerprint density at radius 3 is 2.57 bits per heavy atom. The number of rotatable bonds is 2. The summed E-state index contributed by atoms with van der Waals surface area (Å²) in [6.07, 6.45) is 5.31. The van der Waals surface area contributed by atoms with Crippen molar-refractivity contribution < 1.29 is 4.79 Å². The van der Waals surface area contributed by atoms with Gasteiger partial charge in [-0.3, -0.25) is 4.79 Å². The Morgan fingerprint density at radius 1 is 1.22 bits per heavy atom. The number of piperidine rings is 1. The van der Waals surface area contributed by atoms with Gasteiger partial charge in [0, 0.05) is 18.7 Å². The van der Waals surface area contributed by atoms with Crippen LogP contribution in [0.15, 0.2) is 36.9 Å². The molecule has 1 saturated heterocycles. The van der Waals surface area contributed by atoms with Crippen LogP contribution in [0.4, 0.5) is 0 Å². The lowest BCUT2D eigenvalue weighted by molar-refractivity contribution is 0.0672. The van der Waals surface area contributed by atoms with Crippen LogP contribution in [0.1, 0.15) is 55.6 Å². The first-order valence-corrected chi connectivity index (χ1v) is 8.19. The Morgan fingerprint density at radius 2 is 1.96 bits per heavy atom. The highest BCUT2D eigenvalue weighted by Crippen LogP contribution is 2.24. The van der Waals surface area contributed by atoms with E-state index in [2.05, 4.69) is 43.0 Å². The largest absolute Gasteiger partial charge is 0.337 e. The van der Waals surface area contributed by atoms with E-state index in [-0.39, 0.29) is 17.4 Å². The van der Waals surface area contributed by atoms with Crippen molar-refractivity contribution in [3.8, 4) is 0 Å². The van der Waals surface area contributed by atoms with Crippen molar-refractivity contribution in [3.63, 3.8) is 0 Å². The van der Waals surface area contributed by atoms with Gasteiger partial charge in [0.25, 0.3) is 5.91 Å². The van der Waals surface area contributed by atoms with Crippen molar-refractivity contribution in [2.75, 3.05) is 13.1 Å². The lowest BCUT2D eigenvalue weighted by atomic mass is 9.86. The van der Waals surface area contributed by atoms with Gasteiger partial charge >= 0.3 is 0 Å². The Hall–Kier alpha value is -2.17. The Balaban J connectivity index is 1.72.